The zero-order valence-electron chi connectivity index (χ0n) is 13.6. The van der Waals surface area contributed by atoms with Crippen LogP contribution in [0.25, 0.3) is 0 Å². The van der Waals surface area contributed by atoms with Crippen molar-refractivity contribution in [1.82, 2.24) is 19.8 Å². The summed E-state index contributed by atoms with van der Waals surface area (Å²) in [5, 5.41) is 3.20. The highest BCUT2D eigenvalue weighted by atomic mass is 16.2. The first-order chi connectivity index (χ1) is 10.0. The van der Waals surface area contributed by atoms with Crippen LogP contribution in [-0.4, -0.2) is 66.5 Å². The Morgan fingerprint density at radius 1 is 1.14 bits per heavy atom. The van der Waals surface area contributed by atoms with Gasteiger partial charge in [0.05, 0.1) is 12.4 Å². The van der Waals surface area contributed by atoms with Gasteiger partial charge in [0.25, 0.3) is 5.91 Å². The third kappa shape index (κ3) is 6.53. The molecule has 6 heteroatoms. The lowest BCUT2D eigenvalue weighted by Crippen LogP contribution is -2.28. The van der Waals surface area contributed by atoms with Gasteiger partial charge in [-0.15, -0.1) is 0 Å². The molecule has 0 unspecified atom stereocenters. The number of nitrogens with one attached hydrogen (secondary N) is 1. The fourth-order valence-electron chi connectivity index (χ4n) is 1.83. The van der Waals surface area contributed by atoms with E-state index >= 15 is 0 Å². The Morgan fingerprint density at radius 2 is 1.90 bits per heavy atom. The van der Waals surface area contributed by atoms with Crippen molar-refractivity contribution < 1.29 is 4.79 Å². The molecule has 1 aromatic heterocycles. The van der Waals surface area contributed by atoms with Gasteiger partial charge in [0, 0.05) is 20.1 Å². The lowest BCUT2D eigenvalue weighted by atomic mass is 10.3. The van der Waals surface area contributed by atoms with E-state index in [4.69, 9.17) is 0 Å². The van der Waals surface area contributed by atoms with Gasteiger partial charge in [0.15, 0.2) is 0 Å². The van der Waals surface area contributed by atoms with Crippen LogP contribution in [0.2, 0.25) is 0 Å². The van der Waals surface area contributed by atoms with E-state index in [-0.39, 0.29) is 5.91 Å². The summed E-state index contributed by atoms with van der Waals surface area (Å²) in [5.41, 5.74) is 0.396. The average Bonchev–Trinajstić information content (AvgIpc) is 2.49. The van der Waals surface area contributed by atoms with Crippen LogP contribution in [0.1, 0.15) is 36.7 Å². The highest BCUT2D eigenvalue weighted by Crippen LogP contribution is 2.04. The smallest absolute Gasteiger partial charge is 0.273 e. The number of unbranched alkanes of at least 4 members (excludes halogenated alkanes) is 1. The van der Waals surface area contributed by atoms with E-state index < -0.39 is 0 Å². The minimum atomic E-state index is -0.0740. The van der Waals surface area contributed by atoms with Gasteiger partial charge in [-0.25, -0.2) is 9.97 Å². The number of rotatable bonds is 9. The summed E-state index contributed by atoms with van der Waals surface area (Å²) in [6.07, 6.45) is 6.27. The van der Waals surface area contributed by atoms with Crippen LogP contribution in [0.4, 0.5) is 5.82 Å². The van der Waals surface area contributed by atoms with Gasteiger partial charge >= 0.3 is 0 Å². The van der Waals surface area contributed by atoms with Gasteiger partial charge < -0.3 is 15.1 Å². The first-order valence-electron chi connectivity index (χ1n) is 7.50. The van der Waals surface area contributed by atoms with Crippen LogP contribution in [0.5, 0.6) is 0 Å². The number of nitrogens with zero attached hydrogens (tertiary/aromatic N) is 4. The average molecular weight is 293 g/mol. The molecule has 0 atom stereocenters. The molecule has 21 heavy (non-hydrogen) atoms. The molecule has 1 heterocycles. The zero-order chi connectivity index (χ0) is 15.7. The molecule has 0 saturated carbocycles. The minimum Gasteiger partial charge on any atom is -0.369 e. The Hall–Kier alpha value is -1.69. The molecular formula is C15H27N5O. The molecule has 0 saturated heterocycles. The van der Waals surface area contributed by atoms with Crippen LogP contribution in [0, 0.1) is 0 Å². The number of anilines is 1. The summed E-state index contributed by atoms with van der Waals surface area (Å²) in [6, 6.07) is 0. The van der Waals surface area contributed by atoms with Gasteiger partial charge in [-0.05, 0) is 33.5 Å². The van der Waals surface area contributed by atoms with Crippen LogP contribution in [0.15, 0.2) is 12.4 Å². The fourth-order valence-corrected chi connectivity index (χ4v) is 1.83. The van der Waals surface area contributed by atoms with Crippen molar-refractivity contribution in [2.75, 3.05) is 46.1 Å². The van der Waals surface area contributed by atoms with Gasteiger partial charge in [-0.2, -0.15) is 0 Å². The highest BCUT2D eigenvalue weighted by molar-refractivity contribution is 5.91. The van der Waals surface area contributed by atoms with E-state index in [0.29, 0.717) is 11.5 Å². The Bertz CT molecular complexity index is 419. The molecule has 0 bridgehead atoms. The van der Waals surface area contributed by atoms with Crippen molar-refractivity contribution in [3.63, 3.8) is 0 Å². The minimum absolute atomic E-state index is 0.0740. The SMILES string of the molecule is CCCCN(C)C(=O)c1cnc(NCCCN(C)C)cn1. The Balaban J connectivity index is 2.44. The maximum Gasteiger partial charge on any atom is 0.273 e. The molecular weight excluding hydrogens is 266 g/mol. The van der Waals surface area contributed by atoms with Crippen molar-refractivity contribution in [3.05, 3.63) is 18.1 Å². The first kappa shape index (κ1) is 17.4. The van der Waals surface area contributed by atoms with Crippen LogP contribution < -0.4 is 5.32 Å². The van der Waals surface area contributed by atoms with E-state index in [0.717, 1.165) is 38.9 Å². The second-order valence-electron chi connectivity index (χ2n) is 5.45. The molecule has 0 fully saturated rings. The topological polar surface area (TPSA) is 61.4 Å². The van der Waals surface area contributed by atoms with Crippen LogP contribution >= 0.6 is 0 Å². The molecule has 6 nitrogen and oxygen atoms in total. The zero-order valence-corrected chi connectivity index (χ0v) is 13.6. The molecule has 0 spiro atoms. The van der Waals surface area contributed by atoms with E-state index in [1.54, 1.807) is 24.3 Å². The number of carbonyl (C=O) groups is 1. The van der Waals surface area contributed by atoms with E-state index in [2.05, 4.69) is 41.2 Å². The van der Waals surface area contributed by atoms with Crippen LogP contribution in [0.3, 0.4) is 0 Å². The second-order valence-corrected chi connectivity index (χ2v) is 5.45. The van der Waals surface area contributed by atoms with Gasteiger partial charge in [-0.3, -0.25) is 4.79 Å². The molecule has 1 rings (SSSR count). The third-order valence-corrected chi connectivity index (χ3v) is 3.15. The number of amides is 1. The summed E-state index contributed by atoms with van der Waals surface area (Å²) >= 11 is 0. The maximum atomic E-state index is 12.1. The number of aromatic nitrogens is 2. The quantitative estimate of drug-likeness (QED) is 0.702. The van der Waals surface area contributed by atoms with Crippen molar-refractivity contribution in [1.29, 1.82) is 0 Å². The maximum absolute atomic E-state index is 12.1. The summed E-state index contributed by atoms with van der Waals surface area (Å²) in [6.45, 7) is 4.73. The summed E-state index contributed by atoms with van der Waals surface area (Å²) in [7, 11) is 5.90. The molecule has 1 N–H and O–H groups in total. The fraction of sp³-hybridized carbons (Fsp3) is 0.667. The molecule has 1 amide bonds. The molecule has 0 aliphatic carbocycles. The van der Waals surface area contributed by atoms with Crippen LogP contribution in [-0.2, 0) is 0 Å². The Kier molecular flexibility index (Phi) is 7.68. The van der Waals surface area contributed by atoms with Crippen molar-refractivity contribution in [2.45, 2.75) is 26.2 Å². The monoisotopic (exact) mass is 293 g/mol. The molecule has 0 aliphatic rings. The summed E-state index contributed by atoms with van der Waals surface area (Å²) in [5.74, 6) is 0.636. The van der Waals surface area contributed by atoms with E-state index in [1.165, 1.54) is 0 Å². The predicted octanol–water partition coefficient (Wildman–Crippen LogP) is 1.71. The molecule has 118 valence electrons. The van der Waals surface area contributed by atoms with Crippen molar-refractivity contribution in [2.24, 2.45) is 0 Å². The lowest BCUT2D eigenvalue weighted by Gasteiger charge is -2.16. The standard InChI is InChI=1S/C15H27N5O/c1-5-6-10-20(4)15(21)13-11-18-14(12-17-13)16-8-7-9-19(2)3/h11-12H,5-10H2,1-4H3,(H,16,18). The summed E-state index contributed by atoms with van der Waals surface area (Å²) in [4.78, 5) is 24.4. The Morgan fingerprint density at radius 3 is 2.48 bits per heavy atom. The van der Waals surface area contributed by atoms with Crippen molar-refractivity contribution >= 4 is 11.7 Å². The third-order valence-electron chi connectivity index (χ3n) is 3.15. The predicted molar refractivity (Wildman–Crippen MR) is 85.6 cm³/mol. The van der Waals surface area contributed by atoms with Gasteiger partial charge in [0.2, 0.25) is 0 Å². The Labute approximate surface area is 127 Å². The number of hydrogen-bond donors (Lipinski definition) is 1. The molecule has 0 radical (unpaired) electrons. The first-order valence-corrected chi connectivity index (χ1v) is 7.50. The molecule has 0 aromatic carbocycles. The molecule has 1 aromatic rings. The van der Waals surface area contributed by atoms with Crippen molar-refractivity contribution in [3.8, 4) is 0 Å². The van der Waals surface area contributed by atoms with Gasteiger partial charge in [-0.1, -0.05) is 13.3 Å². The summed E-state index contributed by atoms with van der Waals surface area (Å²) < 4.78 is 0. The number of hydrogen-bond acceptors (Lipinski definition) is 5. The largest absolute Gasteiger partial charge is 0.369 e. The normalized spacial score (nSPS) is 10.7. The van der Waals surface area contributed by atoms with E-state index in [1.807, 2.05) is 0 Å². The van der Waals surface area contributed by atoms with E-state index in [9.17, 15) is 4.79 Å². The highest BCUT2D eigenvalue weighted by Gasteiger charge is 2.12. The lowest BCUT2D eigenvalue weighted by molar-refractivity contribution is 0.0787. The number of carbonyl (C=O) groups excluding carboxylic acids is 1. The second kappa shape index (κ2) is 9.28. The molecule has 0 aliphatic heterocycles. The van der Waals surface area contributed by atoms with Gasteiger partial charge in [0.1, 0.15) is 11.5 Å².